The van der Waals surface area contributed by atoms with Crippen LogP contribution in [0.5, 0.6) is 0 Å². The predicted octanol–water partition coefficient (Wildman–Crippen LogP) is 4.56. The SMILES string of the molecule is CCCC12CCC(c3ccc(Br)cc3)(CC1)OC2=O. The highest BCUT2D eigenvalue weighted by atomic mass is 79.9. The van der Waals surface area contributed by atoms with Gasteiger partial charge in [-0.2, -0.15) is 0 Å². The van der Waals surface area contributed by atoms with Gasteiger partial charge in [-0.1, -0.05) is 41.4 Å². The standard InChI is InChI=1S/C16H19BrO2/c1-2-7-15-8-10-16(11-9-15,19-14(15)18)12-3-5-13(17)6-4-12/h3-6H,2,7-11H2,1H3. The summed E-state index contributed by atoms with van der Waals surface area (Å²) < 4.78 is 6.96. The van der Waals surface area contributed by atoms with E-state index in [1.54, 1.807) is 0 Å². The van der Waals surface area contributed by atoms with Crippen molar-refractivity contribution in [3.8, 4) is 0 Å². The number of ether oxygens (including phenoxy) is 1. The second-order valence-electron chi connectivity index (χ2n) is 5.92. The number of esters is 1. The van der Waals surface area contributed by atoms with Gasteiger partial charge < -0.3 is 4.74 Å². The normalized spacial score (nSPS) is 33.3. The number of fused-ring (bicyclic) bond motifs is 3. The first-order chi connectivity index (χ1) is 9.10. The largest absolute Gasteiger partial charge is 0.454 e. The zero-order chi connectivity index (χ0) is 13.5. The molecule has 2 bridgehead atoms. The number of hydrogen-bond acceptors (Lipinski definition) is 2. The second-order valence-corrected chi connectivity index (χ2v) is 6.84. The first kappa shape index (κ1) is 13.2. The van der Waals surface area contributed by atoms with Gasteiger partial charge in [0, 0.05) is 4.47 Å². The topological polar surface area (TPSA) is 26.3 Å². The Kier molecular flexibility index (Phi) is 3.20. The summed E-state index contributed by atoms with van der Waals surface area (Å²) >= 11 is 3.45. The van der Waals surface area contributed by atoms with Gasteiger partial charge >= 0.3 is 5.97 Å². The molecule has 0 unspecified atom stereocenters. The molecule has 0 radical (unpaired) electrons. The molecule has 3 heteroatoms. The molecule has 0 atom stereocenters. The molecule has 2 nitrogen and oxygen atoms in total. The van der Waals surface area contributed by atoms with E-state index in [-0.39, 0.29) is 17.0 Å². The molecule has 0 amide bonds. The monoisotopic (exact) mass is 322 g/mol. The summed E-state index contributed by atoms with van der Waals surface area (Å²) in [5.41, 5.74) is 0.618. The number of carbonyl (C=O) groups excluding carboxylic acids is 1. The van der Waals surface area contributed by atoms with Crippen LogP contribution in [0.15, 0.2) is 28.7 Å². The lowest BCUT2D eigenvalue weighted by atomic mass is 9.62. The van der Waals surface area contributed by atoms with E-state index < -0.39 is 0 Å². The Morgan fingerprint density at radius 2 is 1.79 bits per heavy atom. The van der Waals surface area contributed by atoms with Crippen LogP contribution in [-0.2, 0) is 15.1 Å². The van der Waals surface area contributed by atoms with Crippen LogP contribution < -0.4 is 0 Å². The third kappa shape index (κ3) is 2.03. The molecule has 3 fully saturated rings. The van der Waals surface area contributed by atoms with Crippen LogP contribution in [0.4, 0.5) is 0 Å². The Labute approximate surface area is 122 Å². The minimum Gasteiger partial charge on any atom is -0.454 e. The molecule has 0 spiro atoms. The first-order valence-electron chi connectivity index (χ1n) is 7.10. The molecule has 2 aliphatic heterocycles. The number of hydrogen-bond donors (Lipinski definition) is 0. The average molecular weight is 323 g/mol. The summed E-state index contributed by atoms with van der Waals surface area (Å²) in [7, 11) is 0. The molecular formula is C16H19BrO2. The van der Waals surface area contributed by atoms with Crippen LogP contribution in [-0.4, -0.2) is 5.97 Å². The third-order valence-electron chi connectivity index (χ3n) is 4.83. The van der Waals surface area contributed by atoms with E-state index in [0.29, 0.717) is 0 Å². The quantitative estimate of drug-likeness (QED) is 0.762. The Hall–Kier alpha value is -0.830. The fourth-order valence-electron chi connectivity index (χ4n) is 3.66. The summed E-state index contributed by atoms with van der Waals surface area (Å²) in [6.07, 6.45) is 5.94. The zero-order valence-corrected chi connectivity index (χ0v) is 12.8. The van der Waals surface area contributed by atoms with Crippen LogP contribution >= 0.6 is 15.9 Å². The van der Waals surface area contributed by atoms with Crippen molar-refractivity contribution in [2.45, 2.75) is 51.0 Å². The van der Waals surface area contributed by atoms with Gasteiger partial charge in [0.15, 0.2) is 0 Å². The van der Waals surface area contributed by atoms with Gasteiger partial charge in [0.05, 0.1) is 5.41 Å². The van der Waals surface area contributed by atoms with Crippen LogP contribution in [0, 0.1) is 5.41 Å². The van der Waals surface area contributed by atoms with Gasteiger partial charge in [0.1, 0.15) is 5.60 Å². The molecule has 4 rings (SSSR count). The number of halogens is 1. The minimum absolute atomic E-state index is 0.0368. The maximum absolute atomic E-state index is 12.4. The fourth-order valence-corrected chi connectivity index (χ4v) is 3.92. The first-order valence-corrected chi connectivity index (χ1v) is 7.89. The number of benzene rings is 1. The fraction of sp³-hybridized carbons (Fsp3) is 0.562. The van der Waals surface area contributed by atoms with E-state index >= 15 is 0 Å². The highest BCUT2D eigenvalue weighted by Gasteiger charge is 2.56. The molecule has 1 saturated carbocycles. The van der Waals surface area contributed by atoms with Crippen molar-refractivity contribution in [1.82, 2.24) is 0 Å². The Balaban J connectivity index is 1.90. The van der Waals surface area contributed by atoms with Crippen LogP contribution in [0.25, 0.3) is 0 Å². The van der Waals surface area contributed by atoms with Crippen molar-refractivity contribution in [3.63, 3.8) is 0 Å². The average Bonchev–Trinajstić information content (AvgIpc) is 2.42. The van der Waals surface area contributed by atoms with Gasteiger partial charge in [-0.25, -0.2) is 0 Å². The van der Waals surface area contributed by atoms with Crippen LogP contribution in [0.2, 0.25) is 0 Å². The van der Waals surface area contributed by atoms with Crippen molar-refractivity contribution >= 4 is 21.9 Å². The Bertz CT molecular complexity index is 484. The third-order valence-corrected chi connectivity index (χ3v) is 5.36. The molecule has 102 valence electrons. The summed E-state index contributed by atoms with van der Waals surface area (Å²) in [6, 6.07) is 8.21. The summed E-state index contributed by atoms with van der Waals surface area (Å²) in [5.74, 6) is 0.0368. The maximum atomic E-state index is 12.4. The van der Waals surface area contributed by atoms with Crippen LogP contribution in [0.3, 0.4) is 0 Å². The van der Waals surface area contributed by atoms with Crippen molar-refractivity contribution in [3.05, 3.63) is 34.3 Å². The molecule has 1 aromatic carbocycles. The van der Waals surface area contributed by atoms with Crippen molar-refractivity contribution in [2.75, 3.05) is 0 Å². The van der Waals surface area contributed by atoms with E-state index in [1.807, 2.05) is 12.1 Å². The summed E-state index contributed by atoms with van der Waals surface area (Å²) in [4.78, 5) is 12.4. The van der Waals surface area contributed by atoms with Gasteiger partial charge in [-0.3, -0.25) is 4.79 Å². The van der Waals surface area contributed by atoms with Gasteiger partial charge in [0.25, 0.3) is 0 Å². The number of rotatable bonds is 3. The molecule has 1 aliphatic carbocycles. The highest BCUT2D eigenvalue weighted by Crippen LogP contribution is 2.56. The van der Waals surface area contributed by atoms with Gasteiger partial charge in [-0.15, -0.1) is 0 Å². The summed E-state index contributed by atoms with van der Waals surface area (Å²) in [6.45, 7) is 2.15. The highest BCUT2D eigenvalue weighted by molar-refractivity contribution is 9.10. The molecule has 1 aromatic rings. The Morgan fingerprint density at radius 3 is 2.32 bits per heavy atom. The summed E-state index contributed by atoms with van der Waals surface area (Å²) in [5, 5.41) is 0. The van der Waals surface area contributed by atoms with Crippen LogP contribution in [0.1, 0.15) is 51.0 Å². The molecule has 19 heavy (non-hydrogen) atoms. The lowest BCUT2D eigenvalue weighted by molar-refractivity contribution is -0.207. The zero-order valence-electron chi connectivity index (χ0n) is 11.2. The van der Waals surface area contributed by atoms with Gasteiger partial charge in [-0.05, 0) is 49.8 Å². The van der Waals surface area contributed by atoms with E-state index in [0.717, 1.165) is 48.6 Å². The smallest absolute Gasteiger partial charge is 0.312 e. The molecule has 2 heterocycles. The lowest BCUT2D eigenvalue weighted by Gasteiger charge is -2.51. The van der Waals surface area contributed by atoms with Crippen molar-refractivity contribution < 1.29 is 9.53 Å². The maximum Gasteiger partial charge on any atom is 0.312 e. The second kappa shape index (κ2) is 4.62. The van der Waals surface area contributed by atoms with E-state index in [9.17, 15) is 4.79 Å². The predicted molar refractivity (Wildman–Crippen MR) is 77.7 cm³/mol. The molecular weight excluding hydrogens is 304 g/mol. The minimum atomic E-state index is -0.354. The van der Waals surface area contributed by atoms with E-state index in [1.165, 1.54) is 0 Å². The lowest BCUT2D eigenvalue weighted by Crippen LogP contribution is -2.52. The van der Waals surface area contributed by atoms with Crippen molar-refractivity contribution in [2.24, 2.45) is 5.41 Å². The molecule has 3 aliphatic rings. The Morgan fingerprint density at radius 1 is 1.16 bits per heavy atom. The van der Waals surface area contributed by atoms with Gasteiger partial charge in [0.2, 0.25) is 0 Å². The van der Waals surface area contributed by atoms with E-state index in [4.69, 9.17) is 4.74 Å². The van der Waals surface area contributed by atoms with E-state index in [2.05, 4.69) is 35.0 Å². The molecule has 0 N–H and O–H groups in total. The molecule has 2 saturated heterocycles. The van der Waals surface area contributed by atoms with Crippen molar-refractivity contribution in [1.29, 1.82) is 0 Å². The molecule has 0 aromatic heterocycles. The number of carbonyl (C=O) groups is 1.